The molecule has 1 atom stereocenters. The van der Waals surface area contributed by atoms with Gasteiger partial charge in [0.15, 0.2) is 0 Å². The van der Waals surface area contributed by atoms with Gasteiger partial charge in [0.1, 0.15) is 11.2 Å². The van der Waals surface area contributed by atoms with E-state index in [2.05, 4.69) is 65.6 Å². The molecule has 4 nitrogen and oxygen atoms in total. The lowest BCUT2D eigenvalue weighted by Crippen LogP contribution is -2.08. The molecule has 0 N–H and O–H groups in total. The van der Waals surface area contributed by atoms with Gasteiger partial charge in [0.25, 0.3) is 0 Å². The van der Waals surface area contributed by atoms with E-state index in [1.807, 2.05) is 18.6 Å². The van der Waals surface area contributed by atoms with Gasteiger partial charge in [0, 0.05) is 23.2 Å². The molecular formula is C21H22N4S. The van der Waals surface area contributed by atoms with Gasteiger partial charge in [-0.15, -0.1) is 11.3 Å². The summed E-state index contributed by atoms with van der Waals surface area (Å²) < 4.78 is 2.32. The van der Waals surface area contributed by atoms with Crippen molar-refractivity contribution in [2.75, 3.05) is 0 Å². The van der Waals surface area contributed by atoms with Gasteiger partial charge in [0.05, 0.1) is 22.6 Å². The molecule has 3 aromatic heterocycles. The number of rotatable bonds is 5. The van der Waals surface area contributed by atoms with Crippen molar-refractivity contribution in [2.45, 2.75) is 33.2 Å². The molecule has 26 heavy (non-hydrogen) atoms. The number of imidazole rings is 1. The number of benzene rings is 1. The fourth-order valence-electron chi connectivity index (χ4n) is 3.45. The Morgan fingerprint density at radius 2 is 1.88 bits per heavy atom. The maximum absolute atomic E-state index is 4.79. The van der Waals surface area contributed by atoms with E-state index in [-0.39, 0.29) is 0 Å². The van der Waals surface area contributed by atoms with Crippen LogP contribution in [0.4, 0.5) is 0 Å². The molecule has 0 aliphatic rings. The first-order valence-corrected chi connectivity index (χ1v) is 9.77. The van der Waals surface area contributed by atoms with Crippen molar-refractivity contribution in [1.29, 1.82) is 0 Å². The highest BCUT2D eigenvalue weighted by molar-refractivity contribution is 7.21. The molecule has 1 unspecified atom stereocenters. The minimum Gasteiger partial charge on any atom is -0.327 e. The second kappa shape index (κ2) is 7.00. The van der Waals surface area contributed by atoms with Crippen molar-refractivity contribution in [1.82, 2.24) is 19.5 Å². The number of hydrogen-bond acceptors (Lipinski definition) is 4. The Morgan fingerprint density at radius 1 is 1.08 bits per heavy atom. The van der Waals surface area contributed by atoms with Gasteiger partial charge < -0.3 is 4.57 Å². The summed E-state index contributed by atoms with van der Waals surface area (Å²) in [6.45, 7) is 6.80. The Hall–Kier alpha value is -2.53. The highest BCUT2D eigenvalue weighted by Gasteiger charge is 2.20. The molecule has 0 amide bonds. The summed E-state index contributed by atoms with van der Waals surface area (Å²) >= 11 is 1.70. The molecule has 0 spiro atoms. The molecule has 4 aromatic rings. The number of thiophene rings is 1. The third-order valence-corrected chi connectivity index (χ3v) is 5.62. The van der Waals surface area contributed by atoms with Crippen molar-refractivity contribution in [2.24, 2.45) is 5.92 Å². The molecule has 4 rings (SSSR count). The summed E-state index contributed by atoms with van der Waals surface area (Å²) in [5.41, 5.74) is 3.34. The first-order valence-electron chi connectivity index (χ1n) is 8.95. The second-order valence-electron chi connectivity index (χ2n) is 7.09. The Kier molecular flexibility index (Phi) is 4.55. The minimum absolute atomic E-state index is 0.381. The first kappa shape index (κ1) is 16.9. The first-order chi connectivity index (χ1) is 12.6. The average Bonchev–Trinajstić information content (AvgIpc) is 3.25. The molecule has 132 valence electrons. The Morgan fingerprint density at radius 3 is 2.62 bits per heavy atom. The topological polar surface area (TPSA) is 43.6 Å². The molecule has 0 fully saturated rings. The van der Waals surface area contributed by atoms with E-state index < -0.39 is 0 Å². The zero-order chi connectivity index (χ0) is 18.1. The molecule has 0 saturated carbocycles. The second-order valence-corrected chi connectivity index (χ2v) is 8.12. The fourth-order valence-corrected chi connectivity index (χ4v) is 4.47. The van der Waals surface area contributed by atoms with Crippen LogP contribution in [0.3, 0.4) is 0 Å². The van der Waals surface area contributed by atoms with E-state index in [4.69, 9.17) is 4.98 Å². The SMILES string of the molecule is CC(C)CC(C)n1cnc(-c2ccccc2)c1-c1cc2cncnc2s1. The summed E-state index contributed by atoms with van der Waals surface area (Å²) in [7, 11) is 0. The standard InChI is InChI=1S/C21H22N4S/c1-14(2)9-15(3)25-13-24-19(16-7-5-4-6-8-16)20(25)18-10-17-11-22-12-23-21(17)26-18/h4-8,10-15H,9H2,1-3H3. The van der Waals surface area contributed by atoms with Crippen molar-refractivity contribution in [3.63, 3.8) is 0 Å². The quantitative estimate of drug-likeness (QED) is 0.449. The number of aromatic nitrogens is 4. The summed E-state index contributed by atoms with van der Waals surface area (Å²) in [4.78, 5) is 15.6. The van der Waals surface area contributed by atoms with Crippen molar-refractivity contribution < 1.29 is 0 Å². The Balaban J connectivity index is 1.90. The monoisotopic (exact) mass is 362 g/mol. The highest BCUT2D eigenvalue weighted by Crippen LogP contribution is 2.39. The van der Waals surface area contributed by atoms with Gasteiger partial charge in [-0.25, -0.2) is 15.0 Å². The predicted octanol–water partition coefficient (Wildman–Crippen LogP) is 5.83. The third-order valence-electron chi connectivity index (χ3n) is 4.56. The predicted molar refractivity (Wildman–Crippen MR) is 108 cm³/mol. The van der Waals surface area contributed by atoms with Gasteiger partial charge in [0.2, 0.25) is 0 Å². The zero-order valence-corrected chi connectivity index (χ0v) is 16.1. The van der Waals surface area contributed by atoms with Crippen molar-refractivity contribution in [3.05, 3.63) is 55.2 Å². The highest BCUT2D eigenvalue weighted by atomic mass is 32.1. The van der Waals surface area contributed by atoms with E-state index in [0.29, 0.717) is 12.0 Å². The maximum Gasteiger partial charge on any atom is 0.127 e. The molecule has 1 aromatic carbocycles. The van der Waals surface area contributed by atoms with Crippen LogP contribution in [-0.4, -0.2) is 19.5 Å². The van der Waals surface area contributed by atoms with Gasteiger partial charge in [-0.1, -0.05) is 44.2 Å². The molecule has 0 saturated heterocycles. The fraction of sp³-hybridized carbons (Fsp3) is 0.286. The number of hydrogen-bond donors (Lipinski definition) is 0. The van der Waals surface area contributed by atoms with Crippen LogP contribution in [0.15, 0.2) is 55.2 Å². The number of fused-ring (bicyclic) bond motifs is 1. The molecular weight excluding hydrogens is 340 g/mol. The van der Waals surface area contributed by atoms with Gasteiger partial charge in [-0.2, -0.15) is 0 Å². The van der Waals surface area contributed by atoms with E-state index in [9.17, 15) is 0 Å². The van der Waals surface area contributed by atoms with E-state index in [0.717, 1.165) is 27.9 Å². The van der Waals surface area contributed by atoms with Crippen LogP contribution in [0.5, 0.6) is 0 Å². The maximum atomic E-state index is 4.79. The van der Waals surface area contributed by atoms with Crippen LogP contribution in [0, 0.1) is 5.92 Å². The summed E-state index contributed by atoms with van der Waals surface area (Å²) in [5, 5.41) is 1.08. The number of nitrogens with zero attached hydrogens (tertiary/aromatic N) is 4. The van der Waals surface area contributed by atoms with Crippen LogP contribution in [0.1, 0.15) is 33.2 Å². The normalized spacial score (nSPS) is 12.8. The molecule has 0 aliphatic carbocycles. The van der Waals surface area contributed by atoms with E-state index in [1.165, 1.54) is 10.6 Å². The van der Waals surface area contributed by atoms with E-state index >= 15 is 0 Å². The largest absolute Gasteiger partial charge is 0.327 e. The molecule has 0 aliphatic heterocycles. The summed E-state index contributed by atoms with van der Waals surface area (Å²) in [5.74, 6) is 0.633. The van der Waals surface area contributed by atoms with Crippen LogP contribution in [0.2, 0.25) is 0 Å². The van der Waals surface area contributed by atoms with Gasteiger partial charge in [-0.3, -0.25) is 0 Å². The summed E-state index contributed by atoms with van der Waals surface area (Å²) in [6, 6.07) is 13.0. The van der Waals surface area contributed by atoms with Crippen LogP contribution < -0.4 is 0 Å². The van der Waals surface area contributed by atoms with Crippen LogP contribution >= 0.6 is 11.3 Å². The Bertz CT molecular complexity index is 984. The van der Waals surface area contributed by atoms with Crippen molar-refractivity contribution >= 4 is 21.6 Å². The average molecular weight is 363 g/mol. The van der Waals surface area contributed by atoms with E-state index in [1.54, 1.807) is 17.7 Å². The van der Waals surface area contributed by atoms with Gasteiger partial charge in [-0.05, 0) is 25.3 Å². The van der Waals surface area contributed by atoms with Crippen molar-refractivity contribution in [3.8, 4) is 21.8 Å². The summed E-state index contributed by atoms with van der Waals surface area (Å²) in [6.07, 6.45) is 6.59. The lowest BCUT2D eigenvalue weighted by atomic mass is 10.0. The molecule has 3 heterocycles. The molecule has 0 radical (unpaired) electrons. The lowest BCUT2D eigenvalue weighted by molar-refractivity contribution is 0.430. The minimum atomic E-state index is 0.381. The van der Waals surface area contributed by atoms with Crippen LogP contribution in [0.25, 0.3) is 32.0 Å². The zero-order valence-electron chi connectivity index (χ0n) is 15.3. The Labute approximate surface area is 157 Å². The van der Waals surface area contributed by atoms with Crippen LogP contribution in [-0.2, 0) is 0 Å². The van der Waals surface area contributed by atoms with Gasteiger partial charge >= 0.3 is 0 Å². The smallest absolute Gasteiger partial charge is 0.127 e. The lowest BCUT2D eigenvalue weighted by Gasteiger charge is -2.18. The molecule has 5 heteroatoms. The molecule has 0 bridgehead atoms. The third kappa shape index (κ3) is 3.15.